The van der Waals surface area contributed by atoms with Gasteiger partial charge in [0.25, 0.3) is 5.91 Å². The SMILES string of the molecule is C[C@@H](NC(=O)COC(=O)c1ccc2c(c1)OCCO2)c1ccccc1. The van der Waals surface area contributed by atoms with Crippen molar-refractivity contribution in [2.45, 2.75) is 13.0 Å². The topological polar surface area (TPSA) is 73.9 Å². The number of benzene rings is 2. The van der Waals surface area contributed by atoms with Crippen LogP contribution in [0.5, 0.6) is 11.5 Å². The molecule has 0 unspecified atom stereocenters. The van der Waals surface area contributed by atoms with E-state index in [1.807, 2.05) is 37.3 Å². The molecule has 0 spiro atoms. The highest BCUT2D eigenvalue weighted by Crippen LogP contribution is 2.30. The molecule has 3 rings (SSSR count). The van der Waals surface area contributed by atoms with Crippen molar-refractivity contribution in [1.29, 1.82) is 0 Å². The van der Waals surface area contributed by atoms with E-state index in [-0.39, 0.29) is 18.6 Å². The average molecular weight is 341 g/mol. The Labute approximate surface area is 145 Å². The molecule has 0 radical (unpaired) electrons. The summed E-state index contributed by atoms with van der Waals surface area (Å²) in [5.74, 6) is 0.154. The fourth-order valence-corrected chi connectivity index (χ4v) is 2.49. The summed E-state index contributed by atoms with van der Waals surface area (Å²) in [5.41, 5.74) is 1.29. The van der Waals surface area contributed by atoms with Crippen molar-refractivity contribution < 1.29 is 23.8 Å². The first-order valence-corrected chi connectivity index (χ1v) is 8.04. The Bertz CT molecular complexity index is 760. The van der Waals surface area contributed by atoms with Crippen LogP contribution in [0.3, 0.4) is 0 Å². The van der Waals surface area contributed by atoms with Gasteiger partial charge in [0.05, 0.1) is 11.6 Å². The lowest BCUT2D eigenvalue weighted by Crippen LogP contribution is -2.31. The highest BCUT2D eigenvalue weighted by molar-refractivity contribution is 5.92. The van der Waals surface area contributed by atoms with Gasteiger partial charge >= 0.3 is 5.97 Å². The van der Waals surface area contributed by atoms with Crippen LogP contribution in [0.15, 0.2) is 48.5 Å². The maximum Gasteiger partial charge on any atom is 0.338 e. The van der Waals surface area contributed by atoms with Crippen molar-refractivity contribution in [1.82, 2.24) is 5.32 Å². The van der Waals surface area contributed by atoms with Gasteiger partial charge < -0.3 is 19.5 Å². The van der Waals surface area contributed by atoms with E-state index in [2.05, 4.69) is 5.32 Å². The third kappa shape index (κ3) is 4.29. The molecule has 130 valence electrons. The summed E-state index contributed by atoms with van der Waals surface area (Å²) in [6.45, 7) is 2.45. The molecule has 2 aromatic rings. The van der Waals surface area contributed by atoms with Gasteiger partial charge in [-0.25, -0.2) is 4.79 Å². The smallest absolute Gasteiger partial charge is 0.338 e. The number of nitrogens with one attached hydrogen (secondary N) is 1. The fourth-order valence-electron chi connectivity index (χ4n) is 2.49. The van der Waals surface area contributed by atoms with Crippen molar-refractivity contribution >= 4 is 11.9 Å². The predicted octanol–water partition coefficient (Wildman–Crippen LogP) is 2.49. The van der Waals surface area contributed by atoms with Crippen LogP contribution in [0.1, 0.15) is 28.9 Å². The van der Waals surface area contributed by atoms with Crippen LogP contribution in [0.2, 0.25) is 0 Å². The zero-order chi connectivity index (χ0) is 17.6. The third-order valence-electron chi connectivity index (χ3n) is 3.79. The summed E-state index contributed by atoms with van der Waals surface area (Å²) in [7, 11) is 0. The molecule has 0 fully saturated rings. The number of rotatable bonds is 5. The van der Waals surface area contributed by atoms with Crippen LogP contribution in [-0.4, -0.2) is 31.7 Å². The lowest BCUT2D eigenvalue weighted by molar-refractivity contribution is -0.124. The summed E-state index contributed by atoms with van der Waals surface area (Å²) < 4.78 is 15.9. The van der Waals surface area contributed by atoms with Crippen molar-refractivity contribution in [3.05, 3.63) is 59.7 Å². The molecule has 1 aliphatic heterocycles. The highest BCUT2D eigenvalue weighted by Gasteiger charge is 2.17. The second-order valence-electron chi connectivity index (χ2n) is 5.63. The van der Waals surface area contributed by atoms with E-state index in [9.17, 15) is 9.59 Å². The van der Waals surface area contributed by atoms with Gasteiger partial charge in [-0.2, -0.15) is 0 Å². The summed E-state index contributed by atoms with van der Waals surface area (Å²) in [6.07, 6.45) is 0. The van der Waals surface area contributed by atoms with Gasteiger partial charge in [-0.3, -0.25) is 4.79 Å². The number of esters is 1. The second kappa shape index (κ2) is 7.70. The Hall–Kier alpha value is -3.02. The predicted molar refractivity (Wildman–Crippen MR) is 90.7 cm³/mol. The third-order valence-corrected chi connectivity index (χ3v) is 3.79. The summed E-state index contributed by atoms with van der Waals surface area (Å²) in [6, 6.07) is 14.2. The van der Waals surface area contributed by atoms with Gasteiger partial charge in [0, 0.05) is 0 Å². The van der Waals surface area contributed by atoms with Crippen molar-refractivity contribution in [3.8, 4) is 11.5 Å². The van der Waals surface area contributed by atoms with Gasteiger partial charge in [-0.05, 0) is 30.7 Å². The normalized spacial score (nSPS) is 13.6. The van der Waals surface area contributed by atoms with Crippen LogP contribution < -0.4 is 14.8 Å². The van der Waals surface area contributed by atoms with Crippen LogP contribution in [0, 0.1) is 0 Å². The van der Waals surface area contributed by atoms with E-state index in [0.29, 0.717) is 30.3 Å². The first kappa shape index (κ1) is 16.8. The zero-order valence-corrected chi connectivity index (χ0v) is 13.9. The number of hydrogen-bond acceptors (Lipinski definition) is 5. The molecule has 2 aromatic carbocycles. The van der Waals surface area contributed by atoms with Gasteiger partial charge in [0.2, 0.25) is 0 Å². The number of carbonyl (C=O) groups excluding carboxylic acids is 2. The molecule has 1 atom stereocenters. The van der Waals surface area contributed by atoms with E-state index < -0.39 is 5.97 Å². The van der Waals surface area contributed by atoms with Gasteiger partial charge in [0.1, 0.15) is 13.2 Å². The first-order chi connectivity index (χ1) is 12.1. The maximum absolute atomic E-state index is 12.1. The minimum Gasteiger partial charge on any atom is -0.486 e. The van der Waals surface area contributed by atoms with E-state index in [4.69, 9.17) is 14.2 Å². The summed E-state index contributed by atoms with van der Waals surface area (Å²) >= 11 is 0. The first-order valence-electron chi connectivity index (χ1n) is 8.04. The summed E-state index contributed by atoms with van der Waals surface area (Å²) in [4.78, 5) is 24.1. The molecular formula is C19H19NO5. The van der Waals surface area contributed by atoms with Crippen molar-refractivity contribution in [2.75, 3.05) is 19.8 Å². The molecule has 0 bridgehead atoms. The number of hydrogen-bond donors (Lipinski definition) is 1. The number of amides is 1. The minimum atomic E-state index is -0.584. The molecule has 0 saturated heterocycles. The lowest BCUT2D eigenvalue weighted by atomic mass is 10.1. The number of ether oxygens (including phenoxy) is 3. The fraction of sp³-hybridized carbons (Fsp3) is 0.263. The quantitative estimate of drug-likeness (QED) is 0.846. The van der Waals surface area contributed by atoms with Crippen LogP contribution in [-0.2, 0) is 9.53 Å². The van der Waals surface area contributed by atoms with E-state index in [0.717, 1.165) is 5.56 Å². The van der Waals surface area contributed by atoms with E-state index in [1.54, 1.807) is 18.2 Å². The van der Waals surface area contributed by atoms with Crippen LogP contribution in [0.4, 0.5) is 0 Å². The zero-order valence-electron chi connectivity index (χ0n) is 13.9. The molecule has 1 aliphatic rings. The van der Waals surface area contributed by atoms with E-state index >= 15 is 0 Å². The molecule has 6 nitrogen and oxygen atoms in total. The number of fused-ring (bicyclic) bond motifs is 1. The molecule has 6 heteroatoms. The minimum absolute atomic E-state index is 0.165. The van der Waals surface area contributed by atoms with Crippen molar-refractivity contribution in [2.24, 2.45) is 0 Å². The number of carbonyl (C=O) groups is 2. The maximum atomic E-state index is 12.1. The molecule has 1 amide bonds. The summed E-state index contributed by atoms with van der Waals surface area (Å²) in [5, 5.41) is 2.79. The molecule has 0 aliphatic carbocycles. The molecule has 0 aromatic heterocycles. The Morgan fingerprint density at radius 2 is 1.80 bits per heavy atom. The average Bonchev–Trinajstić information content (AvgIpc) is 2.66. The molecule has 1 N–H and O–H groups in total. The molecular weight excluding hydrogens is 322 g/mol. The lowest BCUT2D eigenvalue weighted by Gasteiger charge is -2.18. The van der Waals surface area contributed by atoms with Crippen LogP contribution >= 0.6 is 0 Å². The molecule has 0 saturated carbocycles. The van der Waals surface area contributed by atoms with Crippen LogP contribution in [0.25, 0.3) is 0 Å². The van der Waals surface area contributed by atoms with Gasteiger partial charge in [-0.1, -0.05) is 30.3 Å². The Kier molecular flexibility index (Phi) is 5.18. The van der Waals surface area contributed by atoms with Crippen molar-refractivity contribution in [3.63, 3.8) is 0 Å². The van der Waals surface area contributed by atoms with Gasteiger partial charge in [0.15, 0.2) is 18.1 Å². The molecule has 1 heterocycles. The highest BCUT2D eigenvalue weighted by atomic mass is 16.6. The molecule has 25 heavy (non-hydrogen) atoms. The second-order valence-corrected chi connectivity index (χ2v) is 5.63. The van der Waals surface area contributed by atoms with E-state index in [1.165, 1.54) is 0 Å². The Balaban J connectivity index is 1.52. The largest absolute Gasteiger partial charge is 0.486 e. The van der Waals surface area contributed by atoms with Gasteiger partial charge in [-0.15, -0.1) is 0 Å². The standard InChI is InChI=1S/C19H19NO5/c1-13(14-5-3-2-4-6-14)20-18(21)12-25-19(22)15-7-8-16-17(11-15)24-10-9-23-16/h2-8,11,13H,9-10,12H2,1H3,(H,20,21)/t13-/m1/s1. The Morgan fingerprint density at radius 1 is 1.08 bits per heavy atom. The Morgan fingerprint density at radius 3 is 2.56 bits per heavy atom. The monoisotopic (exact) mass is 341 g/mol.